The van der Waals surface area contributed by atoms with Gasteiger partial charge in [-0.25, -0.2) is 4.98 Å². The molecule has 1 aromatic heterocycles. The zero-order valence-electron chi connectivity index (χ0n) is 13.6. The van der Waals surface area contributed by atoms with Gasteiger partial charge in [-0.2, -0.15) is 5.26 Å². The molecule has 0 amide bonds. The molecule has 0 spiro atoms. The molecule has 0 saturated carbocycles. The molecule has 23 heavy (non-hydrogen) atoms. The maximum absolute atomic E-state index is 10.7. The summed E-state index contributed by atoms with van der Waals surface area (Å²) in [6, 6.07) is 9.67. The van der Waals surface area contributed by atoms with Crippen LogP contribution in [0.5, 0.6) is 0 Å². The first kappa shape index (κ1) is 15.6. The second-order valence-corrected chi connectivity index (χ2v) is 6.54. The minimum absolute atomic E-state index is 0.0923. The van der Waals surface area contributed by atoms with Gasteiger partial charge in [0.05, 0.1) is 24.1 Å². The van der Waals surface area contributed by atoms with E-state index >= 15 is 0 Å². The van der Waals surface area contributed by atoms with Crippen LogP contribution in [0.25, 0.3) is 16.6 Å². The zero-order chi connectivity index (χ0) is 16.4. The quantitative estimate of drug-likeness (QED) is 0.600. The highest BCUT2D eigenvalue weighted by Crippen LogP contribution is 2.20. The molecule has 5 nitrogen and oxygen atoms in total. The number of aliphatic hydroxyl groups excluding tert-OH is 1. The van der Waals surface area contributed by atoms with E-state index < -0.39 is 0 Å². The summed E-state index contributed by atoms with van der Waals surface area (Å²) >= 11 is 0. The van der Waals surface area contributed by atoms with E-state index in [9.17, 15) is 10.4 Å². The molecule has 0 aliphatic carbocycles. The van der Waals surface area contributed by atoms with Crippen LogP contribution in [0.1, 0.15) is 32.5 Å². The van der Waals surface area contributed by atoms with Gasteiger partial charge in [-0.05, 0) is 37.8 Å². The van der Waals surface area contributed by atoms with Crippen molar-refractivity contribution in [2.45, 2.75) is 32.7 Å². The minimum atomic E-state index is -0.0923. The lowest BCUT2D eigenvalue weighted by molar-refractivity contribution is -0.925. The number of para-hydroxylation sites is 2. The van der Waals surface area contributed by atoms with E-state index in [4.69, 9.17) is 0 Å². The number of nitrogens with zero attached hydrogens (tertiary/aromatic N) is 2. The normalized spacial score (nSPS) is 24.0. The average molecular weight is 311 g/mol. The van der Waals surface area contributed by atoms with Crippen molar-refractivity contribution < 1.29 is 10.0 Å². The van der Waals surface area contributed by atoms with Gasteiger partial charge < -0.3 is 15.0 Å². The summed E-state index contributed by atoms with van der Waals surface area (Å²) < 4.78 is 0. The van der Waals surface area contributed by atoms with Crippen LogP contribution in [0.4, 0.5) is 0 Å². The number of aliphatic hydroxyl groups is 1. The first-order valence-electron chi connectivity index (χ1n) is 8.23. The van der Waals surface area contributed by atoms with Crippen LogP contribution in [0.15, 0.2) is 30.0 Å². The standard InChI is InChI=1S/C18H22N4O/c1-12-7-9-22(10-8-12)13(2)17(23)14(11-19)18-20-15-5-3-4-6-16(15)21-18/h3-6,12-13,23H,7-10H2,1-2H3,(H,20,21)/p+1/b17-14-/t13-/m0/s1. The predicted octanol–water partition coefficient (Wildman–Crippen LogP) is 2.06. The van der Waals surface area contributed by atoms with Gasteiger partial charge in [-0.1, -0.05) is 19.1 Å². The number of aromatic nitrogens is 2. The molecule has 2 heterocycles. The van der Waals surface area contributed by atoms with Crippen LogP contribution in [0.2, 0.25) is 0 Å². The maximum atomic E-state index is 10.7. The third-order valence-electron chi connectivity index (χ3n) is 4.93. The molecule has 3 N–H and O–H groups in total. The zero-order valence-corrected chi connectivity index (χ0v) is 13.6. The summed E-state index contributed by atoms with van der Waals surface area (Å²) in [7, 11) is 0. The first-order chi connectivity index (χ1) is 11.1. The maximum Gasteiger partial charge on any atom is 0.172 e. The van der Waals surface area contributed by atoms with Crippen LogP contribution in [-0.4, -0.2) is 34.2 Å². The lowest BCUT2D eigenvalue weighted by Crippen LogP contribution is -3.16. The van der Waals surface area contributed by atoms with Gasteiger partial charge in [-0.15, -0.1) is 0 Å². The number of benzene rings is 1. The number of H-pyrrole nitrogens is 1. The van der Waals surface area contributed by atoms with Crippen LogP contribution in [0.3, 0.4) is 0 Å². The summed E-state index contributed by atoms with van der Waals surface area (Å²) in [6.07, 6.45) is 2.33. The third kappa shape index (κ3) is 3.08. The van der Waals surface area contributed by atoms with Crippen molar-refractivity contribution in [1.29, 1.82) is 5.26 Å². The monoisotopic (exact) mass is 311 g/mol. The number of hydrogen-bond acceptors (Lipinski definition) is 3. The Morgan fingerprint density at radius 2 is 2.09 bits per heavy atom. The fourth-order valence-electron chi connectivity index (χ4n) is 3.28. The molecular weight excluding hydrogens is 288 g/mol. The smallest absolute Gasteiger partial charge is 0.172 e. The van der Waals surface area contributed by atoms with Gasteiger partial charge in [0.15, 0.2) is 11.6 Å². The number of allylic oxidation sites excluding steroid dienone is 1. The lowest BCUT2D eigenvalue weighted by atomic mass is 9.97. The molecule has 0 bridgehead atoms. The number of aromatic amines is 1. The second-order valence-electron chi connectivity index (χ2n) is 6.54. The molecule has 1 aliphatic heterocycles. The van der Waals surface area contributed by atoms with Gasteiger partial charge in [0.2, 0.25) is 0 Å². The molecular formula is C18H23N4O+. The number of piperidine rings is 1. The Kier molecular flexibility index (Phi) is 4.35. The van der Waals surface area contributed by atoms with E-state index in [1.807, 2.05) is 31.2 Å². The highest BCUT2D eigenvalue weighted by atomic mass is 16.3. The largest absolute Gasteiger partial charge is 0.505 e. The van der Waals surface area contributed by atoms with Crippen molar-refractivity contribution in [3.8, 4) is 6.07 Å². The molecule has 1 aromatic carbocycles. The SMILES string of the molecule is CC1CC[NH+]([C@@H](C)/C(O)=C(\C#N)c2nc3ccccc3[nH]2)CC1. The van der Waals surface area contributed by atoms with Crippen molar-refractivity contribution in [3.63, 3.8) is 0 Å². The van der Waals surface area contributed by atoms with Gasteiger partial charge >= 0.3 is 0 Å². The van der Waals surface area contributed by atoms with Crippen LogP contribution >= 0.6 is 0 Å². The number of likely N-dealkylation sites (tertiary alicyclic amines) is 1. The highest BCUT2D eigenvalue weighted by Gasteiger charge is 2.29. The summed E-state index contributed by atoms with van der Waals surface area (Å²) in [5.74, 6) is 1.34. The summed E-state index contributed by atoms with van der Waals surface area (Å²) in [5.41, 5.74) is 1.92. The lowest BCUT2D eigenvalue weighted by Gasteiger charge is -2.31. The minimum Gasteiger partial charge on any atom is -0.505 e. The van der Waals surface area contributed by atoms with Gasteiger partial charge in [0.1, 0.15) is 17.7 Å². The summed E-state index contributed by atoms with van der Waals surface area (Å²) in [4.78, 5) is 8.91. The molecule has 5 heteroatoms. The Hall–Kier alpha value is -2.32. The van der Waals surface area contributed by atoms with Crippen molar-refractivity contribution in [2.75, 3.05) is 13.1 Å². The molecule has 1 aliphatic rings. The first-order valence-corrected chi connectivity index (χ1v) is 8.23. The van der Waals surface area contributed by atoms with E-state index in [1.165, 1.54) is 17.7 Å². The van der Waals surface area contributed by atoms with E-state index in [-0.39, 0.29) is 17.4 Å². The van der Waals surface area contributed by atoms with Gasteiger partial charge in [-0.3, -0.25) is 0 Å². The van der Waals surface area contributed by atoms with Gasteiger partial charge in [0.25, 0.3) is 0 Å². The second kappa shape index (κ2) is 6.43. The van der Waals surface area contributed by atoms with E-state index in [0.717, 1.165) is 30.0 Å². The fourth-order valence-corrected chi connectivity index (χ4v) is 3.28. The number of nitrogens with one attached hydrogen (secondary N) is 2. The van der Waals surface area contributed by atoms with Gasteiger partial charge in [0, 0.05) is 0 Å². The molecule has 0 radical (unpaired) electrons. The Labute approximate surface area is 136 Å². The highest BCUT2D eigenvalue weighted by molar-refractivity contribution is 5.82. The average Bonchev–Trinajstić information content (AvgIpc) is 2.99. The Bertz CT molecular complexity index is 730. The number of fused-ring (bicyclic) bond motifs is 1. The van der Waals surface area contributed by atoms with E-state index in [1.54, 1.807) is 0 Å². The Balaban J connectivity index is 1.91. The molecule has 1 fully saturated rings. The topological polar surface area (TPSA) is 77.1 Å². The summed E-state index contributed by atoms with van der Waals surface area (Å²) in [6.45, 7) is 6.32. The van der Waals surface area contributed by atoms with Crippen molar-refractivity contribution >= 4 is 16.6 Å². The molecule has 3 rings (SSSR count). The number of nitriles is 1. The van der Waals surface area contributed by atoms with Crippen molar-refractivity contribution in [1.82, 2.24) is 9.97 Å². The number of rotatable bonds is 3. The summed E-state index contributed by atoms with van der Waals surface area (Å²) in [5, 5.41) is 20.2. The molecule has 2 aromatic rings. The van der Waals surface area contributed by atoms with Crippen LogP contribution in [-0.2, 0) is 0 Å². The van der Waals surface area contributed by atoms with E-state index in [0.29, 0.717) is 5.82 Å². The van der Waals surface area contributed by atoms with Crippen LogP contribution < -0.4 is 4.90 Å². The number of imidazole rings is 1. The molecule has 0 unspecified atom stereocenters. The van der Waals surface area contributed by atoms with Crippen molar-refractivity contribution in [3.05, 3.63) is 35.8 Å². The van der Waals surface area contributed by atoms with E-state index in [2.05, 4.69) is 23.0 Å². The number of quaternary nitrogens is 1. The number of hydrogen-bond donors (Lipinski definition) is 3. The predicted molar refractivity (Wildman–Crippen MR) is 89.8 cm³/mol. The Morgan fingerprint density at radius 1 is 1.39 bits per heavy atom. The molecule has 1 atom stereocenters. The Morgan fingerprint density at radius 3 is 2.74 bits per heavy atom. The van der Waals surface area contributed by atoms with Crippen molar-refractivity contribution in [2.24, 2.45) is 5.92 Å². The molecule has 1 saturated heterocycles. The third-order valence-corrected chi connectivity index (χ3v) is 4.93. The van der Waals surface area contributed by atoms with Crippen LogP contribution in [0, 0.1) is 17.2 Å². The fraction of sp³-hybridized carbons (Fsp3) is 0.444. The molecule has 120 valence electrons.